The number of thiophene rings is 1. The summed E-state index contributed by atoms with van der Waals surface area (Å²) in [5, 5.41) is 16.1. The summed E-state index contributed by atoms with van der Waals surface area (Å²) in [4.78, 5) is 2.67. The zero-order chi connectivity index (χ0) is 9.97. The van der Waals surface area contributed by atoms with Gasteiger partial charge in [-0.3, -0.25) is 0 Å². The van der Waals surface area contributed by atoms with Crippen molar-refractivity contribution in [3.8, 4) is 0 Å². The summed E-state index contributed by atoms with van der Waals surface area (Å²) >= 11 is 1.81. The third-order valence-electron chi connectivity index (χ3n) is 2.52. The fourth-order valence-corrected chi connectivity index (χ4v) is 2.53. The van der Waals surface area contributed by atoms with Crippen LogP contribution in [-0.4, -0.2) is 30.3 Å². The molecule has 0 saturated carbocycles. The molecular formula is C10H16N2OS. The third kappa shape index (κ3) is 2.33. The fraction of sp³-hybridized carbons (Fsp3) is 0.600. The van der Waals surface area contributed by atoms with Gasteiger partial charge in [0.1, 0.15) is 0 Å². The Kier molecular flexibility index (Phi) is 3.18. The second-order valence-corrected chi connectivity index (χ2v) is 5.10. The van der Waals surface area contributed by atoms with E-state index in [0.29, 0.717) is 6.54 Å². The Hall–Kier alpha value is -0.420. The summed E-state index contributed by atoms with van der Waals surface area (Å²) in [6.07, 6.45) is -0.240. The van der Waals surface area contributed by atoms with Crippen LogP contribution >= 0.6 is 11.3 Å². The van der Waals surface area contributed by atoms with Crippen molar-refractivity contribution in [2.24, 2.45) is 0 Å². The molecule has 0 aliphatic carbocycles. The first kappa shape index (κ1) is 10.1. The average Bonchev–Trinajstić information content (AvgIpc) is 2.72. The minimum Gasteiger partial charge on any atom is -0.390 e. The molecule has 2 heterocycles. The number of nitrogens with one attached hydrogen (secondary N) is 2. The minimum absolute atomic E-state index is 0.206. The Morgan fingerprint density at radius 1 is 1.57 bits per heavy atom. The van der Waals surface area contributed by atoms with Gasteiger partial charge in [-0.1, -0.05) is 0 Å². The molecule has 0 spiro atoms. The van der Waals surface area contributed by atoms with Crippen LogP contribution in [0.1, 0.15) is 9.75 Å². The molecule has 4 heteroatoms. The van der Waals surface area contributed by atoms with E-state index in [1.165, 1.54) is 9.75 Å². The van der Waals surface area contributed by atoms with Crippen molar-refractivity contribution >= 4 is 11.3 Å². The number of aryl methyl sites for hydroxylation is 1. The van der Waals surface area contributed by atoms with Gasteiger partial charge in [-0.2, -0.15) is 0 Å². The molecule has 1 saturated heterocycles. The molecule has 1 aromatic rings. The van der Waals surface area contributed by atoms with E-state index in [2.05, 4.69) is 29.7 Å². The van der Waals surface area contributed by atoms with Crippen LogP contribution in [0.2, 0.25) is 0 Å². The van der Waals surface area contributed by atoms with E-state index in [0.717, 1.165) is 13.1 Å². The van der Waals surface area contributed by atoms with Gasteiger partial charge in [0.25, 0.3) is 0 Å². The van der Waals surface area contributed by atoms with Crippen LogP contribution in [0.4, 0.5) is 0 Å². The van der Waals surface area contributed by atoms with Crippen molar-refractivity contribution in [3.05, 3.63) is 21.9 Å². The van der Waals surface area contributed by atoms with E-state index in [1.54, 1.807) is 0 Å². The van der Waals surface area contributed by atoms with Gasteiger partial charge in [0, 0.05) is 35.4 Å². The predicted molar refractivity (Wildman–Crippen MR) is 58.6 cm³/mol. The highest BCUT2D eigenvalue weighted by molar-refractivity contribution is 7.11. The molecule has 1 fully saturated rings. The van der Waals surface area contributed by atoms with Crippen molar-refractivity contribution in [2.75, 3.05) is 13.1 Å². The zero-order valence-corrected chi connectivity index (χ0v) is 9.10. The highest BCUT2D eigenvalue weighted by atomic mass is 32.1. The standard InChI is InChI=1S/C10H16N2OS/c1-7-2-3-8(14-7)4-12-9-5-11-6-10(9)13/h2-3,9-13H,4-6H2,1H3/t9-,10-/m1/s1. The monoisotopic (exact) mass is 212 g/mol. The van der Waals surface area contributed by atoms with Crippen LogP contribution in [0.15, 0.2) is 12.1 Å². The lowest BCUT2D eigenvalue weighted by Gasteiger charge is -2.14. The Bertz CT molecular complexity index is 300. The molecule has 1 aromatic heterocycles. The van der Waals surface area contributed by atoms with Crippen molar-refractivity contribution in [1.82, 2.24) is 10.6 Å². The SMILES string of the molecule is Cc1ccc(CN[C@@H]2CNC[C@H]2O)s1. The van der Waals surface area contributed by atoms with E-state index in [4.69, 9.17) is 0 Å². The number of hydrogen-bond acceptors (Lipinski definition) is 4. The van der Waals surface area contributed by atoms with Crippen molar-refractivity contribution < 1.29 is 5.11 Å². The normalized spacial score (nSPS) is 27.0. The summed E-state index contributed by atoms with van der Waals surface area (Å²) < 4.78 is 0. The van der Waals surface area contributed by atoms with E-state index in [9.17, 15) is 5.11 Å². The van der Waals surface area contributed by atoms with Gasteiger partial charge in [0.05, 0.1) is 6.10 Å². The zero-order valence-electron chi connectivity index (χ0n) is 8.29. The second-order valence-electron chi connectivity index (χ2n) is 3.73. The molecule has 78 valence electrons. The quantitative estimate of drug-likeness (QED) is 0.683. The van der Waals surface area contributed by atoms with Gasteiger partial charge in [0.2, 0.25) is 0 Å². The number of β-amino-alcohol motifs (C(OH)–C–C–N with tert-alkyl or cyclic N) is 1. The van der Waals surface area contributed by atoms with E-state index >= 15 is 0 Å². The van der Waals surface area contributed by atoms with Crippen LogP contribution in [0.3, 0.4) is 0 Å². The summed E-state index contributed by atoms with van der Waals surface area (Å²) in [6, 6.07) is 4.48. The lowest BCUT2D eigenvalue weighted by atomic mass is 10.2. The van der Waals surface area contributed by atoms with Crippen LogP contribution in [0.25, 0.3) is 0 Å². The molecule has 0 amide bonds. The molecule has 1 aliphatic rings. The van der Waals surface area contributed by atoms with Gasteiger partial charge >= 0.3 is 0 Å². The maximum atomic E-state index is 9.55. The summed E-state index contributed by atoms with van der Waals surface area (Å²) in [6.45, 7) is 4.55. The number of aliphatic hydroxyl groups excluding tert-OH is 1. The van der Waals surface area contributed by atoms with Gasteiger partial charge in [-0.15, -0.1) is 11.3 Å². The fourth-order valence-electron chi connectivity index (χ4n) is 1.69. The maximum Gasteiger partial charge on any atom is 0.0829 e. The molecule has 0 unspecified atom stereocenters. The lowest BCUT2D eigenvalue weighted by molar-refractivity contribution is 0.163. The van der Waals surface area contributed by atoms with Crippen molar-refractivity contribution in [3.63, 3.8) is 0 Å². The Balaban J connectivity index is 1.82. The molecule has 3 nitrogen and oxygen atoms in total. The topological polar surface area (TPSA) is 44.3 Å². The van der Waals surface area contributed by atoms with Crippen LogP contribution in [0, 0.1) is 6.92 Å². The smallest absolute Gasteiger partial charge is 0.0829 e. The number of rotatable bonds is 3. The van der Waals surface area contributed by atoms with Gasteiger partial charge in [-0.25, -0.2) is 0 Å². The van der Waals surface area contributed by atoms with E-state index in [1.807, 2.05) is 11.3 Å². The predicted octanol–water partition coefficient (Wildman–Crippen LogP) is 0.479. The third-order valence-corrected chi connectivity index (χ3v) is 3.52. The summed E-state index contributed by atoms with van der Waals surface area (Å²) in [5.41, 5.74) is 0. The van der Waals surface area contributed by atoms with Crippen molar-refractivity contribution in [2.45, 2.75) is 25.6 Å². The number of hydrogen-bond donors (Lipinski definition) is 3. The molecule has 0 bridgehead atoms. The Morgan fingerprint density at radius 2 is 2.43 bits per heavy atom. The molecule has 3 N–H and O–H groups in total. The molecule has 2 rings (SSSR count). The van der Waals surface area contributed by atoms with Crippen molar-refractivity contribution in [1.29, 1.82) is 0 Å². The largest absolute Gasteiger partial charge is 0.390 e. The summed E-state index contributed by atoms with van der Waals surface area (Å²) in [7, 11) is 0. The first-order valence-electron chi connectivity index (χ1n) is 4.93. The summed E-state index contributed by atoms with van der Waals surface area (Å²) in [5.74, 6) is 0. The highest BCUT2D eigenvalue weighted by Crippen LogP contribution is 2.15. The molecule has 1 aliphatic heterocycles. The van der Waals surface area contributed by atoms with Crippen LogP contribution in [0.5, 0.6) is 0 Å². The molecule has 0 aromatic carbocycles. The minimum atomic E-state index is -0.240. The van der Waals surface area contributed by atoms with E-state index in [-0.39, 0.29) is 12.1 Å². The van der Waals surface area contributed by atoms with Gasteiger partial charge in [-0.05, 0) is 19.1 Å². The maximum absolute atomic E-state index is 9.55. The van der Waals surface area contributed by atoms with E-state index < -0.39 is 0 Å². The Labute approximate surface area is 88.1 Å². The average molecular weight is 212 g/mol. The number of aliphatic hydroxyl groups is 1. The first-order valence-corrected chi connectivity index (χ1v) is 5.75. The van der Waals surface area contributed by atoms with Crippen LogP contribution < -0.4 is 10.6 Å². The Morgan fingerprint density at radius 3 is 3.00 bits per heavy atom. The molecular weight excluding hydrogens is 196 g/mol. The van der Waals surface area contributed by atoms with Crippen LogP contribution in [-0.2, 0) is 6.54 Å². The highest BCUT2D eigenvalue weighted by Gasteiger charge is 2.23. The second kappa shape index (κ2) is 4.40. The first-order chi connectivity index (χ1) is 6.75. The van der Waals surface area contributed by atoms with Gasteiger partial charge < -0.3 is 15.7 Å². The molecule has 0 radical (unpaired) electrons. The lowest BCUT2D eigenvalue weighted by Crippen LogP contribution is -2.38. The van der Waals surface area contributed by atoms with Gasteiger partial charge in [0.15, 0.2) is 0 Å². The molecule has 14 heavy (non-hydrogen) atoms. The molecule has 2 atom stereocenters.